The Morgan fingerprint density at radius 3 is 2.30 bits per heavy atom. The van der Waals surface area contributed by atoms with Gasteiger partial charge in [0.15, 0.2) is 5.82 Å². The number of nitrogens with zero attached hydrogens (tertiary/aromatic N) is 4. The van der Waals surface area contributed by atoms with Crippen LogP contribution in [0.25, 0.3) is 22.7 Å². The van der Waals surface area contributed by atoms with Crippen LogP contribution in [0.3, 0.4) is 0 Å². The molecule has 2 aromatic carbocycles. The van der Waals surface area contributed by atoms with Crippen molar-refractivity contribution in [1.29, 1.82) is 5.26 Å². The molecular weight excluding hydrogens is 414 g/mol. The number of carbonyl (C=O) groups is 1. The molecule has 0 bridgehead atoms. The Balaban J connectivity index is 1.33. The summed E-state index contributed by atoms with van der Waals surface area (Å²) in [6.45, 7) is 1.77. The largest absolute Gasteiger partial charge is 0.343 e. The number of hydrogen-bond donors (Lipinski definition) is 1. The summed E-state index contributed by atoms with van der Waals surface area (Å²) in [5.41, 5.74) is 4.47. The maximum Gasteiger partial charge on any atom is 0.276 e. The van der Waals surface area contributed by atoms with E-state index in [0.717, 1.165) is 36.0 Å². The summed E-state index contributed by atoms with van der Waals surface area (Å²) in [5, 5.41) is 16.0. The molecule has 7 heteroatoms. The lowest BCUT2D eigenvalue weighted by molar-refractivity contribution is 0.0823. The summed E-state index contributed by atoms with van der Waals surface area (Å²) >= 11 is 0. The second-order valence-electron chi connectivity index (χ2n) is 8.24. The molecule has 7 nitrogen and oxygen atoms in total. The minimum Gasteiger partial charge on any atom is -0.343 e. The Labute approximate surface area is 191 Å². The number of pyridine rings is 1. The molecule has 1 saturated carbocycles. The predicted octanol–water partition coefficient (Wildman–Crippen LogP) is 4.79. The van der Waals surface area contributed by atoms with Gasteiger partial charge in [0.25, 0.3) is 11.8 Å². The van der Waals surface area contributed by atoms with Crippen molar-refractivity contribution < 1.29 is 9.32 Å². The Morgan fingerprint density at radius 2 is 1.76 bits per heavy atom. The highest BCUT2D eigenvalue weighted by atomic mass is 16.5. The maximum atomic E-state index is 12.8. The van der Waals surface area contributed by atoms with E-state index < -0.39 is 0 Å². The molecule has 0 unspecified atom stereocenters. The third-order valence-corrected chi connectivity index (χ3v) is 6.12. The molecule has 0 atom stereocenters. The lowest BCUT2D eigenvalue weighted by Crippen LogP contribution is -2.50. The van der Waals surface area contributed by atoms with Gasteiger partial charge in [-0.25, -0.2) is 0 Å². The molecule has 1 fully saturated rings. The number of amides is 1. The molecule has 1 aliphatic carbocycles. The fourth-order valence-electron chi connectivity index (χ4n) is 4.08. The highest BCUT2D eigenvalue weighted by Crippen LogP contribution is 2.42. The van der Waals surface area contributed by atoms with Crippen LogP contribution >= 0.6 is 0 Å². The van der Waals surface area contributed by atoms with Gasteiger partial charge in [-0.2, -0.15) is 10.2 Å². The van der Waals surface area contributed by atoms with Crippen LogP contribution in [0.4, 0.5) is 0 Å². The molecule has 0 spiro atoms. The Hall–Kier alpha value is -4.31. The van der Waals surface area contributed by atoms with Crippen LogP contribution in [-0.2, 0) is 5.54 Å². The van der Waals surface area contributed by atoms with E-state index in [9.17, 15) is 4.79 Å². The van der Waals surface area contributed by atoms with Crippen molar-refractivity contribution in [1.82, 2.24) is 20.4 Å². The molecule has 1 amide bonds. The van der Waals surface area contributed by atoms with Gasteiger partial charge in [0.05, 0.1) is 17.2 Å². The molecule has 0 saturated heterocycles. The number of rotatable bonds is 5. The number of hydrogen-bond acceptors (Lipinski definition) is 6. The minimum atomic E-state index is -0.360. The van der Waals surface area contributed by atoms with Crippen molar-refractivity contribution in [3.63, 3.8) is 0 Å². The first-order valence-electron chi connectivity index (χ1n) is 10.8. The van der Waals surface area contributed by atoms with Crippen molar-refractivity contribution in [2.75, 3.05) is 0 Å². The molecule has 162 valence electrons. The zero-order valence-corrected chi connectivity index (χ0v) is 18.1. The maximum absolute atomic E-state index is 12.8. The molecule has 5 rings (SSSR count). The van der Waals surface area contributed by atoms with Crippen molar-refractivity contribution in [2.24, 2.45) is 0 Å². The van der Waals surface area contributed by atoms with Gasteiger partial charge in [0, 0.05) is 17.3 Å². The van der Waals surface area contributed by atoms with E-state index in [4.69, 9.17) is 9.78 Å². The summed E-state index contributed by atoms with van der Waals surface area (Å²) in [5.74, 6) is 0.848. The van der Waals surface area contributed by atoms with Crippen molar-refractivity contribution >= 4 is 5.91 Å². The number of nitrogens with one attached hydrogen (secondary N) is 1. The van der Waals surface area contributed by atoms with Crippen molar-refractivity contribution in [3.05, 3.63) is 89.4 Å². The molecule has 33 heavy (non-hydrogen) atoms. The van der Waals surface area contributed by atoms with Gasteiger partial charge in [-0.05, 0) is 67.6 Å². The zero-order valence-electron chi connectivity index (χ0n) is 18.1. The van der Waals surface area contributed by atoms with E-state index in [2.05, 4.69) is 50.8 Å². The second-order valence-corrected chi connectivity index (χ2v) is 8.24. The molecule has 0 radical (unpaired) electrons. The van der Waals surface area contributed by atoms with Gasteiger partial charge in [0.2, 0.25) is 0 Å². The topological polar surface area (TPSA) is 105 Å². The van der Waals surface area contributed by atoms with Gasteiger partial charge in [-0.15, -0.1) is 0 Å². The summed E-state index contributed by atoms with van der Waals surface area (Å²) in [4.78, 5) is 21.5. The first-order chi connectivity index (χ1) is 16.1. The number of benzene rings is 2. The van der Waals surface area contributed by atoms with Gasteiger partial charge in [-0.1, -0.05) is 35.5 Å². The third-order valence-electron chi connectivity index (χ3n) is 6.12. The molecule has 1 N–H and O–H groups in total. The smallest absolute Gasteiger partial charge is 0.276 e. The quantitative estimate of drug-likeness (QED) is 0.483. The average molecular weight is 435 g/mol. The molecule has 4 aromatic rings. The molecule has 0 aliphatic heterocycles. The van der Waals surface area contributed by atoms with Crippen LogP contribution in [0.15, 0.2) is 71.4 Å². The molecule has 2 heterocycles. The summed E-state index contributed by atoms with van der Waals surface area (Å²) < 4.78 is 5.17. The van der Waals surface area contributed by atoms with Gasteiger partial charge in [0.1, 0.15) is 5.69 Å². The Morgan fingerprint density at radius 1 is 1.03 bits per heavy atom. The molecule has 1 aliphatic rings. The predicted molar refractivity (Wildman–Crippen MR) is 122 cm³/mol. The van der Waals surface area contributed by atoms with Crippen molar-refractivity contribution in [2.45, 2.75) is 31.7 Å². The van der Waals surface area contributed by atoms with Crippen LogP contribution in [0.2, 0.25) is 0 Å². The Kier molecular flexibility index (Phi) is 5.19. The highest BCUT2D eigenvalue weighted by Gasteiger charge is 2.40. The van der Waals surface area contributed by atoms with E-state index in [-0.39, 0.29) is 11.4 Å². The standard InChI is InChI=1S/C26H21N5O2/c1-17-29-25(33-31-17)23-12-9-21(16-28-23)19-7-10-22(11-8-19)26(13-2-14-26)30-24(32)20-5-3-18(15-27)4-6-20/h3-12,16H,2,13-14H2,1H3,(H,30,32). The molecule has 2 aromatic heterocycles. The van der Waals surface area contributed by atoms with Gasteiger partial charge >= 0.3 is 0 Å². The van der Waals surface area contributed by atoms with Gasteiger partial charge < -0.3 is 9.84 Å². The van der Waals surface area contributed by atoms with E-state index in [1.807, 2.05) is 12.1 Å². The first-order valence-corrected chi connectivity index (χ1v) is 10.8. The van der Waals surface area contributed by atoms with E-state index in [1.165, 1.54) is 0 Å². The Bertz CT molecular complexity index is 1330. The van der Waals surface area contributed by atoms with Crippen molar-refractivity contribution in [3.8, 4) is 28.8 Å². The lowest BCUT2D eigenvalue weighted by Gasteiger charge is -2.43. The lowest BCUT2D eigenvalue weighted by atomic mass is 9.71. The van der Waals surface area contributed by atoms with E-state index in [0.29, 0.717) is 28.5 Å². The fraction of sp³-hybridized carbons (Fsp3) is 0.192. The summed E-state index contributed by atoms with van der Waals surface area (Å²) in [6, 6.07) is 20.9. The van der Waals surface area contributed by atoms with E-state index >= 15 is 0 Å². The van der Waals surface area contributed by atoms with Crippen LogP contribution in [0.1, 0.15) is 46.6 Å². The first kappa shape index (κ1) is 20.6. The zero-order chi connectivity index (χ0) is 22.8. The minimum absolute atomic E-state index is 0.126. The second kappa shape index (κ2) is 8.32. The fourth-order valence-corrected chi connectivity index (χ4v) is 4.08. The normalized spacial score (nSPS) is 14.2. The van der Waals surface area contributed by atoms with Gasteiger partial charge in [-0.3, -0.25) is 9.78 Å². The third kappa shape index (κ3) is 3.99. The van der Waals surface area contributed by atoms with E-state index in [1.54, 1.807) is 37.4 Å². The van der Waals surface area contributed by atoms with Crippen LogP contribution < -0.4 is 5.32 Å². The number of nitriles is 1. The average Bonchev–Trinajstić information content (AvgIpc) is 3.28. The summed E-state index contributed by atoms with van der Waals surface area (Å²) in [6.07, 6.45) is 4.65. The SMILES string of the molecule is Cc1noc(-c2ccc(-c3ccc(C4(NC(=O)c5ccc(C#N)cc5)CCC4)cc3)cn2)n1. The van der Waals surface area contributed by atoms with Crippen LogP contribution in [0, 0.1) is 18.3 Å². The van der Waals surface area contributed by atoms with Crippen LogP contribution in [-0.4, -0.2) is 21.0 Å². The number of carbonyl (C=O) groups excluding carboxylic acids is 1. The monoisotopic (exact) mass is 435 g/mol. The summed E-state index contributed by atoms with van der Waals surface area (Å²) in [7, 11) is 0. The van der Waals surface area contributed by atoms with Crippen LogP contribution in [0.5, 0.6) is 0 Å². The molecular formula is C26H21N5O2. The number of aryl methyl sites for hydroxylation is 1. The highest BCUT2D eigenvalue weighted by molar-refractivity contribution is 5.95. The number of aromatic nitrogens is 3.